The van der Waals surface area contributed by atoms with E-state index in [1.54, 1.807) is 24.3 Å². The molecule has 0 bridgehead atoms. The molecule has 0 saturated heterocycles. The van der Waals surface area contributed by atoms with Crippen LogP contribution in [0.4, 0.5) is 0 Å². The molecular formula is C28H30ClN3O2. The van der Waals surface area contributed by atoms with Crippen LogP contribution < -0.4 is 10.1 Å². The van der Waals surface area contributed by atoms with Crippen molar-refractivity contribution >= 4 is 28.5 Å². The predicted molar refractivity (Wildman–Crippen MR) is 138 cm³/mol. The van der Waals surface area contributed by atoms with Gasteiger partial charge < -0.3 is 14.6 Å². The zero-order chi connectivity index (χ0) is 23.8. The summed E-state index contributed by atoms with van der Waals surface area (Å²) in [5.74, 6) is 1.85. The molecule has 0 unspecified atom stereocenters. The highest BCUT2D eigenvalue weighted by atomic mass is 35.5. The topological polar surface area (TPSA) is 56.1 Å². The number of rotatable bonds is 11. The van der Waals surface area contributed by atoms with E-state index < -0.39 is 0 Å². The van der Waals surface area contributed by atoms with Crippen LogP contribution in [0.25, 0.3) is 11.0 Å². The molecule has 0 saturated carbocycles. The van der Waals surface area contributed by atoms with Crippen molar-refractivity contribution in [3.8, 4) is 5.75 Å². The molecule has 3 aromatic carbocycles. The fourth-order valence-corrected chi connectivity index (χ4v) is 4.08. The second-order valence-electron chi connectivity index (χ2n) is 8.23. The molecule has 176 valence electrons. The number of imidazole rings is 1. The van der Waals surface area contributed by atoms with Crippen molar-refractivity contribution in [2.75, 3.05) is 13.2 Å². The first kappa shape index (κ1) is 23.8. The van der Waals surface area contributed by atoms with Gasteiger partial charge in [0, 0.05) is 30.1 Å². The monoisotopic (exact) mass is 475 g/mol. The molecule has 4 rings (SSSR count). The van der Waals surface area contributed by atoms with E-state index in [9.17, 15) is 4.79 Å². The lowest BCUT2D eigenvalue weighted by atomic mass is 10.2. The normalized spacial score (nSPS) is 11.0. The second kappa shape index (κ2) is 11.7. The molecule has 1 aromatic heterocycles. The number of hydrogen-bond donors (Lipinski definition) is 1. The highest BCUT2D eigenvalue weighted by Crippen LogP contribution is 2.18. The average Bonchev–Trinajstić information content (AvgIpc) is 3.22. The highest BCUT2D eigenvalue weighted by Gasteiger charge is 2.11. The highest BCUT2D eigenvalue weighted by molar-refractivity contribution is 6.30. The average molecular weight is 476 g/mol. The Morgan fingerprint density at radius 1 is 1.00 bits per heavy atom. The van der Waals surface area contributed by atoms with Gasteiger partial charge in [0.25, 0.3) is 5.91 Å². The maximum atomic E-state index is 12.3. The zero-order valence-corrected chi connectivity index (χ0v) is 20.2. The molecule has 0 aliphatic heterocycles. The lowest BCUT2D eigenvalue weighted by Crippen LogP contribution is -2.25. The van der Waals surface area contributed by atoms with E-state index in [4.69, 9.17) is 21.3 Å². The summed E-state index contributed by atoms with van der Waals surface area (Å²) in [6.45, 7) is 4.21. The number of carbonyl (C=O) groups excluding carboxylic acids is 1. The zero-order valence-electron chi connectivity index (χ0n) is 19.5. The van der Waals surface area contributed by atoms with Crippen molar-refractivity contribution in [3.63, 3.8) is 0 Å². The summed E-state index contributed by atoms with van der Waals surface area (Å²) in [7, 11) is 0. The molecule has 34 heavy (non-hydrogen) atoms. The van der Waals surface area contributed by atoms with E-state index in [1.807, 2.05) is 30.3 Å². The minimum atomic E-state index is -0.0886. The molecule has 0 atom stereocenters. The number of amides is 1. The van der Waals surface area contributed by atoms with Crippen LogP contribution in [0.2, 0.25) is 5.02 Å². The fourth-order valence-electron chi connectivity index (χ4n) is 3.95. The van der Waals surface area contributed by atoms with Gasteiger partial charge in [0.05, 0.1) is 17.6 Å². The number of halogens is 1. The standard InChI is InChI=1S/C28H30ClN3O2/c1-2-21-10-16-24(17-11-21)34-20-6-19-32-26-8-4-3-7-25(26)31-27(32)9-5-18-30-28(33)22-12-14-23(29)15-13-22/h3-4,7-8,10-17H,2,5-6,9,18-20H2,1H3,(H,30,33). The first-order valence-electron chi connectivity index (χ1n) is 11.8. The molecule has 0 radical (unpaired) electrons. The third-order valence-corrected chi connectivity index (χ3v) is 6.08. The Morgan fingerprint density at radius 3 is 2.53 bits per heavy atom. The number of aryl methyl sites for hydroxylation is 3. The first-order chi connectivity index (χ1) is 16.6. The maximum Gasteiger partial charge on any atom is 0.251 e. The van der Waals surface area contributed by atoms with Crippen molar-refractivity contribution in [2.45, 2.75) is 39.2 Å². The minimum absolute atomic E-state index is 0.0886. The smallest absolute Gasteiger partial charge is 0.251 e. The molecular weight excluding hydrogens is 446 g/mol. The number of para-hydroxylation sites is 2. The summed E-state index contributed by atoms with van der Waals surface area (Å²) in [5.41, 5.74) is 4.06. The lowest BCUT2D eigenvalue weighted by Gasteiger charge is -2.11. The van der Waals surface area contributed by atoms with Gasteiger partial charge in [0.1, 0.15) is 11.6 Å². The van der Waals surface area contributed by atoms with Gasteiger partial charge in [-0.05, 0) is 73.4 Å². The molecule has 4 aromatic rings. The summed E-state index contributed by atoms with van der Waals surface area (Å²) in [5, 5.41) is 3.60. The van der Waals surface area contributed by atoms with Gasteiger partial charge in [-0.3, -0.25) is 4.79 Å². The van der Waals surface area contributed by atoms with Crippen molar-refractivity contribution in [3.05, 3.63) is 94.8 Å². The van der Waals surface area contributed by atoms with Crippen LogP contribution in [-0.2, 0) is 19.4 Å². The predicted octanol–water partition coefficient (Wildman–Crippen LogP) is 6.08. The SMILES string of the molecule is CCc1ccc(OCCCn2c(CCCNC(=O)c3ccc(Cl)cc3)nc3ccccc32)cc1. The summed E-state index contributed by atoms with van der Waals surface area (Å²) in [6.07, 6.45) is 3.51. The summed E-state index contributed by atoms with van der Waals surface area (Å²) >= 11 is 5.90. The van der Waals surface area contributed by atoms with Gasteiger partial charge >= 0.3 is 0 Å². The van der Waals surface area contributed by atoms with Gasteiger partial charge in [-0.1, -0.05) is 42.8 Å². The van der Waals surface area contributed by atoms with Crippen LogP contribution in [0.5, 0.6) is 5.75 Å². The maximum absolute atomic E-state index is 12.3. The summed E-state index contributed by atoms with van der Waals surface area (Å²) < 4.78 is 8.22. The van der Waals surface area contributed by atoms with Crippen LogP contribution in [0, 0.1) is 0 Å². The number of fused-ring (bicyclic) bond motifs is 1. The van der Waals surface area contributed by atoms with Crippen molar-refractivity contribution in [1.82, 2.24) is 14.9 Å². The second-order valence-corrected chi connectivity index (χ2v) is 8.67. The van der Waals surface area contributed by atoms with Crippen LogP contribution in [-0.4, -0.2) is 28.6 Å². The number of nitrogens with zero attached hydrogens (tertiary/aromatic N) is 2. The Balaban J connectivity index is 1.31. The van der Waals surface area contributed by atoms with Crippen LogP contribution >= 0.6 is 11.6 Å². The van der Waals surface area contributed by atoms with Crippen molar-refractivity contribution in [2.24, 2.45) is 0 Å². The number of nitrogens with one attached hydrogen (secondary N) is 1. The van der Waals surface area contributed by atoms with Crippen molar-refractivity contribution < 1.29 is 9.53 Å². The molecule has 5 nitrogen and oxygen atoms in total. The van der Waals surface area contributed by atoms with Gasteiger partial charge in [-0.25, -0.2) is 4.98 Å². The van der Waals surface area contributed by atoms with Crippen LogP contribution in [0.1, 0.15) is 41.5 Å². The van der Waals surface area contributed by atoms with Gasteiger partial charge in [-0.15, -0.1) is 0 Å². The van der Waals surface area contributed by atoms with E-state index in [0.29, 0.717) is 23.7 Å². The van der Waals surface area contributed by atoms with E-state index in [2.05, 4.69) is 35.0 Å². The molecule has 1 N–H and O–H groups in total. The third-order valence-electron chi connectivity index (χ3n) is 5.83. The number of ether oxygens (including phenoxy) is 1. The van der Waals surface area contributed by atoms with Gasteiger partial charge in [-0.2, -0.15) is 0 Å². The molecule has 1 heterocycles. The minimum Gasteiger partial charge on any atom is -0.494 e. The number of benzene rings is 3. The molecule has 1 amide bonds. The molecule has 6 heteroatoms. The Morgan fingerprint density at radius 2 is 1.76 bits per heavy atom. The summed E-state index contributed by atoms with van der Waals surface area (Å²) in [6, 6.07) is 23.4. The fraction of sp³-hybridized carbons (Fsp3) is 0.286. The van der Waals surface area contributed by atoms with Gasteiger partial charge in [0.15, 0.2) is 0 Å². The molecule has 0 aliphatic rings. The van der Waals surface area contributed by atoms with E-state index in [0.717, 1.165) is 54.8 Å². The third kappa shape index (κ3) is 6.17. The molecule has 0 spiro atoms. The Hall–Kier alpha value is -3.31. The van der Waals surface area contributed by atoms with E-state index in [-0.39, 0.29) is 5.91 Å². The molecule has 0 aliphatic carbocycles. The van der Waals surface area contributed by atoms with Gasteiger partial charge in [0.2, 0.25) is 0 Å². The Kier molecular flexibility index (Phi) is 8.21. The first-order valence-corrected chi connectivity index (χ1v) is 12.2. The number of hydrogen-bond acceptors (Lipinski definition) is 3. The summed E-state index contributed by atoms with van der Waals surface area (Å²) in [4.78, 5) is 17.2. The van der Waals surface area contributed by atoms with Crippen molar-refractivity contribution in [1.29, 1.82) is 0 Å². The Bertz CT molecular complexity index is 1220. The lowest BCUT2D eigenvalue weighted by molar-refractivity contribution is 0.0953. The number of carbonyl (C=O) groups is 1. The Labute approximate surface area is 205 Å². The van der Waals surface area contributed by atoms with E-state index >= 15 is 0 Å². The van der Waals surface area contributed by atoms with Crippen LogP contribution in [0.15, 0.2) is 72.8 Å². The molecule has 0 fully saturated rings. The largest absolute Gasteiger partial charge is 0.494 e. The van der Waals surface area contributed by atoms with Crippen LogP contribution in [0.3, 0.4) is 0 Å². The quantitative estimate of drug-likeness (QED) is 0.267. The number of aromatic nitrogens is 2. The van der Waals surface area contributed by atoms with E-state index in [1.165, 1.54) is 5.56 Å².